The van der Waals surface area contributed by atoms with E-state index in [0.717, 1.165) is 0 Å². The number of likely N-dealkylation sites (tertiary alicyclic amines) is 1. The third-order valence-electron chi connectivity index (χ3n) is 6.66. The second-order valence-electron chi connectivity index (χ2n) is 9.47. The molecule has 1 atom stereocenters. The largest absolute Gasteiger partial charge is 0.497 e. The molecule has 3 amide bonds. The van der Waals surface area contributed by atoms with E-state index in [0.29, 0.717) is 55.3 Å². The van der Waals surface area contributed by atoms with E-state index < -0.39 is 11.8 Å². The zero-order valence-corrected chi connectivity index (χ0v) is 20.5. The fourth-order valence-electron chi connectivity index (χ4n) is 4.68. The van der Waals surface area contributed by atoms with Gasteiger partial charge in [-0.2, -0.15) is 0 Å². The van der Waals surface area contributed by atoms with Crippen molar-refractivity contribution in [1.82, 2.24) is 15.1 Å². The summed E-state index contributed by atoms with van der Waals surface area (Å²) in [4.78, 5) is 43.2. The van der Waals surface area contributed by atoms with Crippen LogP contribution in [0.2, 0.25) is 0 Å². The summed E-state index contributed by atoms with van der Waals surface area (Å²) in [7, 11) is 1.58. The first-order valence-electron chi connectivity index (χ1n) is 12.1. The Bertz CT molecular complexity index is 1050. The van der Waals surface area contributed by atoms with Gasteiger partial charge in [-0.05, 0) is 42.3 Å². The van der Waals surface area contributed by atoms with Crippen molar-refractivity contribution in [2.75, 3.05) is 33.4 Å². The summed E-state index contributed by atoms with van der Waals surface area (Å²) < 4.78 is 11.4. The SMILES string of the molecule is COc1ccc(C(=O)N2CCC3(CC2)OC[C@H](C(=O)NCC(C)C)N3C(=O)c2ccccc2)cc1. The van der Waals surface area contributed by atoms with Gasteiger partial charge >= 0.3 is 0 Å². The Morgan fingerprint density at radius 2 is 1.63 bits per heavy atom. The molecule has 0 unspecified atom stereocenters. The standard InChI is InChI=1S/C27H33N3O5/c1-19(2)17-28-24(31)23-18-35-27(30(23)26(33)20-7-5-4-6-8-20)13-15-29(16-14-27)25(32)21-9-11-22(34-3)12-10-21/h4-12,19,23H,13-18H2,1-3H3,(H,28,31)/t23-/m1/s1. The maximum atomic E-state index is 13.6. The van der Waals surface area contributed by atoms with E-state index in [-0.39, 0.29) is 24.3 Å². The molecule has 2 aromatic carbocycles. The molecule has 2 heterocycles. The third-order valence-corrected chi connectivity index (χ3v) is 6.66. The fourth-order valence-corrected chi connectivity index (χ4v) is 4.68. The molecule has 4 rings (SSSR count). The number of carbonyl (C=O) groups is 3. The van der Waals surface area contributed by atoms with E-state index in [1.165, 1.54) is 0 Å². The molecule has 186 valence electrons. The molecule has 0 aliphatic carbocycles. The second kappa shape index (κ2) is 10.5. The molecule has 0 aromatic heterocycles. The Morgan fingerprint density at radius 3 is 2.23 bits per heavy atom. The van der Waals surface area contributed by atoms with E-state index in [9.17, 15) is 14.4 Å². The molecule has 1 spiro atoms. The summed E-state index contributed by atoms with van der Waals surface area (Å²) in [6, 6.07) is 15.3. The monoisotopic (exact) mass is 479 g/mol. The Labute approximate surface area is 206 Å². The van der Waals surface area contributed by atoms with Crippen LogP contribution < -0.4 is 10.1 Å². The number of hydrogen-bond donors (Lipinski definition) is 1. The molecular formula is C27H33N3O5. The lowest BCUT2D eigenvalue weighted by Crippen LogP contribution is -2.60. The number of benzene rings is 2. The highest BCUT2D eigenvalue weighted by atomic mass is 16.5. The van der Waals surface area contributed by atoms with Crippen LogP contribution in [0.3, 0.4) is 0 Å². The van der Waals surface area contributed by atoms with Crippen molar-refractivity contribution in [3.8, 4) is 5.75 Å². The third kappa shape index (κ3) is 5.17. The maximum absolute atomic E-state index is 13.6. The molecule has 0 bridgehead atoms. The first kappa shape index (κ1) is 24.7. The summed E-state index contributed by atoms with van der Waals surface area (Å²) in [5.41, 5.74) is 0.164. The van der Waals surface area contributed by atoms with Crippen LogP contribution in [0.5, 0.6) is 5.75 Å². The summed E-state index contributed by atoms with van der Waals surface area (Å²) in [6.07, 6.45) is 0.864. The van der Waals surface area contributed by atoms with Crippen LogP contribution in [0.1, 0.15) is 47.4 Å². The second-order valence-corrected chi connectivity index (χ2v) is 9.47. The summed E-state index contributed by atoms with van der Waals surface area (Å²) >= 11 is 0. The van der Waals surface area contributed by atoms with Crippen LogP contribution in [-0.2, 0) is 9.53 Å². The zero-order chi connectivity index (χ0) is 25.0. The molecule has 35 heavy (non-hydrogen) atoms. The minimum Gasteiger partial charge on any atom is -0.497 e. The number of hydrogen-bond acceptors (Lipinski definition) is 5. The van der Waals surface area contributed by atoms with Gasteiger partial charge in [0.15, 0.2) is 0 Å². The molecule has 8 nitrogen and oxygen atoms in total. The Morgan fingerprint density at radius 1 is 1.00 bits per heavy atom. The number of carbonyl (C=O) groups excluding carboxylic acids is 3. The normalized spacial score (nSPS) is 19.1. The van der Waals surface area contributed by atoms with Gasteiger partial charge < -0.3 is 19.7 Å². The number of methoxy groups -OCH3 is 1. The Kier molecular flexibility index (Phi) is 7.40. The van der Waals surface area contributed by atoms with Crippen molar-refractivity contribution < 1.29 is 23.9 Å². The van der Waals surface area contributed by atoms with Gasteiger partial charge in [0.1, 0.15) is 17.5 Å². The molecule has 0 saturated carbocycles. The Hall–Kier alpha value is -3.39. The van der Waals surface area contributed by atoms with Crippen molar-refractivity contribution in [2.24, 2.45) is 5.92 Å². The molecule has 8 heteroatoms. The number of ether oxygens (including phenoxy) is 2. The maximum Gasteiger partial charge on any atom is 0.256 e. The summed E-state index contributed by atoms with van der Waals surface area (Å²) in [6.45, 7) is 5.55. The highest BCUT2D eigenvalue weighted by Gasteiger charge is 2.54. The van der Waals surface area contributed by atoms with Gasteiger partial charge in [-0.1, -0.05) is 32.0 Å². The molecular weight excluding hydrogens is 446 g/mol. The number of nitrogens with one attached hydrogen (secondary N) is 1. The smallest absolute Gasteiger partial charge is 0.256 e. The van der Waals surface area contributed by atoms with E-state index in [1.807, 2.05) is 19.9 Å². The lowest BCUT2D eigenvalue weighted by molar-refractivity contribution is -0.128. The highest BCUT2D eigenvalue weighted by molar-refractivity contribution is 5.98. The summed E-state index contributed by atoms with van der Waals surface area (Å²) in [5, 5.41) is 2.95. The molecule has 2 aliphatic heterocycles. The quantitative estimate of drug-likeness (QED) is 0.688. The van der Waals surface area contributed by atoms with Crippen LogP contribution in [0.15, 0.2) is 54.6 Å². The molecule has 2 aliphatic rings. The van der Waals surface area contributed by atoms with Crippen molar-refractivity contribution in [3.63, 3.8) is 0 Å². The molecule has 2 saturated heterocycles. The fraction of sp³-hybridized carbons (Fsp3) is 0.444. The van der Waals surface area contributed by atoms with Gasteiger partial charge in [0.2, 0.25) is 5.91 Å². The first-order chi connectivity index (χ1) is 16.8. The average molecular weight is 480 g/mol. The van der Waals surface area contributed by atoms with Gasteiger partial charge in [0.05, 0.1) is 13.7 Å². The van der Waals surface area contributed by atoms with Crippen molar-refractivity contribution in [2.45, 2.75) is 38.5 Å². The van der Waals surface area contributed by atoms with Crippen LogP contribution in [-0.4, -0.2) is 72.6 Å². The van der Waals surface area contributed by atoms with Crippen molar-refractivity contribution in [1.29, 1.82) is 0 Å². The van der Waals surface area contributed by atoms with Gasteiger partial charge in [-0.3, -0.25) is 19.3 Å². The topological polar surface area (TPSA) is 88.2 Å². The van der Waals surface area contributed by atoms with Crippen molar-refractivity contribution in [3.05, 3.63) is 65.7 Å². The predicted octanol–water partition coefficient (Wildman–Crippen LogP) is 2.94. The van der Waals surface area contributed by atoms with Crippen molar-refractivity contribution >= 4 is 17.7 Å². The number of piperidine rings is 1. The van der Waals surface area contributed by atoms with Gasteiger partial charge in [0.25, 0.3) is 11.8 Å². The minimum absolute atomic E-state index is 0.0762. The lowest BCUT2D eigenvalue weighted by atomic mass is 9.96. The summed E-state index contributed by atoms with van der Waals surface area (Å²) in [5.74, 6) is 0.461. The zero-order valence-electron chi connectivity index (χ0n) is 20.5. The molecule has 2 fully saturated rings. The predicted molar refractivity (Wildman–Crippen MR) is 131 cm³/mol. The van der Waals surface area contributed by atoms with Crippen LogP contribution in [0.4, 0.5) is 0 Å². The van der Waals surface area contributed by atoms with Gasteiger partial charge in [-0.15, -0.1) is 0 Å². The average Bonchev–Trinajstić information content (AvgIpc) is 3.25. The molecule has 2 aromatic rings. The highest BCUT2D eigenvalue weighted by Crippen LogP contribution is 2.39. The van der Waals surface area contributed by atoms with E-state index in [1.54, 1.807) is 65.4 Å². The Balaban J connectivity index is 1.53. The van der Waals surface area contributed by atoms with E-state index in [4.69, 9.17) is 9.47 Å². The van der Waals surface area contributed by atoms with Gasteiger partial charge in [0, 0.05) is 43.6 Å². The van der Waals surface area contributed by atoms with Crippen LogP contribution >= 0.6 is 0 Å². The molecule has 1 N–H and O–H groups in total. The number of nitrogens with zero attached hydrogens (tertiary/aromatic N) is 2. The first-order valence-corrected chi connectivity index (χ1v) is 12.1. The minimum atomic E-state index is -0.927. The lowest BCUT2D eigenvalue weighted by Gasteiger charge is -2.44. The van der Waals surface area contributed by atoms with Crippen LogP contribution in [0.25, 0.3) is 0 Å². The van der Waals surface area contributed by atoms with Crippen LogP contribution in [0, 0.1) is 5.92 Å². The van der Waals surface area contributed by atoms with E-state index >= 15 is 0 Å². The van der Waals surface area contributed by atoms with Gasteiger partial charge in [-0.25, -0.2) is 0 Å². The molecule has 0 radical (unpaired) electrons. The van der Waals surface area contributed by atoms with E-state index in [2.05, 4.69) is 5.32 Å². The number of amides is 3. The number of rotatable bonds is 6.